The van der Waals surface area contributed by atoms with Crippen LogP contribution in [0.25, 0.3) is 0 Å². The molecule has 0 saturated carbocycles. The molecule has 1 unspecified atom stereocenters. The summed E-state index contributed by atoms with van der Waals surface area (Å²) >= 11 is 4.82. The minimum atomic E-state index is -0.850. The number of anilines is 1. The molecule has 104 valence electrons. The molecule has 0 spiro atoms. The second-order valence-electron chi connectivity index (χ2n) is 3.97. The molecule has 1 aromatic rings. The molecule has 0 saturated heterocycles. The van der Waals surface area contributed by atoms with Crippen molar-refractivity contribution >= 4 is 28.9 Å². The summed E-state index contributed by atoms with van der Waals surface area (Å²) in [5.41, 5.74) is 5.37. The van der Waals surface area contributed by atoms with E-state index in [0.29, 0.717) is 12.5 Å². The van der Waals surface area contributed by atoms with E-state index < -0.39 is 23.7 Å². The fourth-order valence-electron chi connectivity index (χ4n) is 1.48. The van der Waals surface area contributed by atoms with E-state index in [2.05, 4.69) is 10.6 Å². The number of urea groups is 1. The van der Waals surface area contributed by atoms with Gasteiger partial charge in [-0.15, -0.1) is 0 Å². The molecule has 0 fully saturated rings. The summed E-state index contributed by atoms with van der Waals surface area (Å²) in [5, 5.41) is 4.81. The topological polar surface area (TPSA) is 67.2 Å². The second kappa shape index (κ2) is 6.98. The maximum atomic E-state index is 13.3. The molecule has 7 heteroatoms. The first-order valence-corrected chi connectivity index (χ1v) is 6.16. The van der Waals surface area contributed by atoms with Crippen molar-refractivity contribution in [1.82, 2.24) is 5.32 Å². The maximum absolute atomic E-state index is 13.3. The molecular weight excluding hydrogens is 272 g/mol. The fraction of sp³-hybridized carbons (Fsp3) is 0.333. The van der Waals surface area contributed by atoms with Gasteiger partial charge in [0, 0.05) is 6.07 Å². The highest BCUT2D eigenvalue weighted by Gasteiger charge is 2.15. The number of amides is 2. The number of thiocarbonyl (C=S) groups is 1. The SMILES string of the molecule is CCCC(NC(=O)Nc1ccc(F)cc1F)C(N)=S. The van der Waals surface area contributed by atoms with Crippen LogP contribution in [0.15, 0.2) is 18.2 Å². The van der Waals surface area contributed by atoms with E-state index in [9.17, 15) is 13.6 Å². The van der Waals surface area contributed by atoms with Gasteiger partial charge in [-0.3, -0.25) is 0 Å². The Morgan fingerprint density at radius 3 is 2.68 bits per heavy atom. The average Bonchev–Trinajstić information content (AvgIpc) is 2.32. The number of hydrogen-bond donors (Lipinski definition) is 3. The van der Waals surface area contributed by atoms with Gasteiger partial charge in [0.15, 0.2) is 0 Å². The molecule has 0 aromatic heterocycles. The molecule has 4 N–H and O–H groups in total. The van der Waals surface area contributed by atoms with Crippen LogP contribution in [0.1, 0.15) is 19.8 Å². The molecule has 0 aliphatic carbocycles. The van der Waals surface area contributed by atoms with E-state index in [1.54, 1.807) is 0 Å². The zero-order valence-corrected chi connectivity index (χ0v) is 11.2. The number of carbonyl (C=O) groups is 1. The Kier molecular flexibility index (Phi) is 5.62. The van der Waals surface area contributed by atoms with Gasteiger partial charge in [-0.25, -0.2) is 13.6 Å². The van der Waals surface area contributed by atoms with Gasteiger partial charge in [-0.2, -0.15) is 0 Å². The lowest BCUT2D eigenvalue weighted by molar-refractivity contribution is 0.250. The number of benzene rings is 1. The van der Waals surface area contributed by atoms with Crippen LogP contribution in [0, 0.1) is 11.6 Å². The first-order valence-electron chi connectivity index (χ1n) is 5.76. The number of nitrogens with two attached hydrogens (primary N) is 1. The zero-order valence-electron chi connectivity index (χ0n) is 10.4. The van der Waals surface area contributed by atoms with Gasteiger partial charge in [-0.1, -0.05) is 25.6 Å². The van der Waals surface area contributed by atoms with Crippen LogP contribution >= 0.6 is 12.2 Å². The summed E-state index contributed by atoms with van der Waals surface area (Å²) in [6.07, 6.45) is 1.38. The molecule has 1 aromatic carbocycles. The van der Waals surface area contributed by atoms with Crippen molar-refractivity contribution in [2.24, 2.45) is 5.73 Å². The Morgan fingerprint density at radius 2 is 2.16 bits per heavy atom. The zero-order chi connectivity index (χ0) is 14.4. The van der Waals surface area contributed by atoms with Gasteiger partial charge in [0.05, 0.1) is 16.7 Å². The van der Waals surface area contributed by atoms with E-state index in [-0.39, 0.29) is 10.7 Å². The lowest BCUT2D eigenvalue weighted by Crippen LogP contribution is -2.45. The van der Waals surface area contributed by atoms with Gasteiger partial charge >= 0.3 is 6.03 Å². The predicted octanol–water partition coefficient (Wildman–Crippen LogP) is 2.54. The van der Waals surface area contributed by atoms with Crippen LogP contribution in [-0.4, -0.2) is 17.1 Å². The van der Waals surface area contributed by atoms with E-state index in [1.165, 1.54) is 0 Å². The predicted molar refractivity (Wildman–Crippen MR) is 74.0 cm³/mol. The monoisotopic (exact) mass is 287 g/mol. The molecule has 0 aliphatic heterocycles. The molecule has 0 heterocycles. The normalized spacial score (nSPS) is 11.7. The molecule has 19 heavy (non-hydrogen) atoms. The van der Waals surface area contributed by atoms with Gasteiger partial charge in [-0.05, 0) is 18.6 Å². The Balaban J connectivity index is 2.66. The third kappa shape index (κ3) is 4.78. The first kappa shape index (κ1) is 15.3. The molecule has 4 nitrogen and oxygen atoms in total. The van der Waals surface area contributed by atoms with Crippen LogP contribution in [0.3, 0.4) is 0 Å². The van der Waals surface area contributed by atoms with E-state index in [1.807, 2.05) is 6.92 Å². The van der Waals surface area contributed by atoms with Crippen LogP contribution in [0.2, 0.25) is 0 Å². The molecule has 1 atom stereocenters. The number of halogens is 2. The molecular formula is C12H15F2N3OS. The van der Waals surface area contributed by atoms with Crippen LogP contribution in [0.5, 0.6) is 0 Å². The smallest absolute Gasteiger partial charge is 0.319 e. The Morgan fingerprint density at radius 1 is 1.47 bits per heavy atom. The minimum Gasteiger partial charge on any atom is -0.392 e. The summed E-state index contributed by atoms with van der Waals surface area (Å²) in [5.74, 6) is -1.56. The van der Waals surface area contributed by atoms with E-state index in [0.717, 1.165) is 18.6 Å². The third-order valence-electron chi connectivity index (χ3n) is 2.41. The molecule has 0 aliphatic rings. The van der Waals surface area contributed by atoms with Crippen molar-refractivity contribution < 1.29 is 13.6 Å². The Bertz CT molecular complexity index is 482. The van der Waals surface area contributed by atoms with Gasteiger partial charge in [0.25, 0.3) is 0 Å². The largest absolute Gasteiger partial charge is 0.392 e. The standard InChI is InChI=1S/C12H15F2N3OS/c1-2-3-10(11(15)19)17-12(18)16-9-5-4-7(13)6-8(9)14/h4-6,10H,2-3H2,1H3,(H2,15,19)(H2,16,17,18). The van der Waals surface area contributed by atoms with Gasteiger partial charge < -0.3 is 16.4 Å². The lowest BCUT2D eigenvalue weighted by Gasteiger charge is -2.17. The molecule has 0 bridgehead atoms. The second-order valence-corrected chi connectivity index (χ2v) is 4.44. The van der Waals surface area contributed by atoms with E-state index in [4.69, 9.17) is 18.0 Å². The van der Waals surface area contributed by atoms with Gasteiger partial charge in [0.1, 0.15) is 11.6 Å². The summed E-state index contributed by atoms with van der Waals surface area (Å²) in [6, 6.07) is 1.78. The fourth-order valence-corrected chi connectivity index (χ4v) is 1.66. The summed E-state index contributed by atoms with van der Waals surface area (Å²) in [4.78, 5) is 11.8. The van der Waals surface area contributed by atoms with Crippen molar-refractivity contribution in [2.45, 2.75) is 25.8 Å². The van der Waals surface area contributed by atoms with Crippen molar-refractivity contribution in [3.63, 3.8) is 0 Å². The summed E-state index contributed by atoms with van der Waals surface area (Å²) < 4.78 is 26.0. The number of hydrogen-bond acceptors (Lipinski definition) is 2. The highest BCUT2D eigenvalue weighted by Crippen LogP contribution is 2.14. The highest BCUT2D eigenvalue weighted by atomic mass is 32.1. The molecule has 1 rings (SSSR count). The van der Waals surface area contributed by atoms with Crippen LogP contribution in [0.4, 0.5) is 19.3 Å². The lowest BCUT2D eigenvalue weighted by atomic mass is 10.2. The Labute approximate surface area is 115 Å². The third-order valence-corrected chi connectivity index (χ3v) is 2.69. The summed E-state index contributed by atoms with van der Waals surface area (Å²) in [7, 11) is 0. The van der Waals surface area contributed by atoms with Crippen molar-refractivity contribution in [1.29, 1.82) is 0 Å². The van der Waals surface area contributed by atoms with Crippen LogP contribution < -0.4 is 16.4 Å². The molecule has 2 amide bonds. The summed E-state index contributed by atoms with van der Waals surface area (Å²) in [6.45, 7) is 1.92. The number of carbonyl (C=O) groups excluding carboxylic acids is 1. The molecule has 0 radical (unpaired) electrons. The highest BCUT2D eigenvalue weighted by molar-refractivity contribution is 7.80. The maximum Gasteiger partial charge on any atom is 0.319 e. The number of rotatable bonds is 5. The van der Waals surface area contributed by atoms with Crippen molar-refractivity contribution in [3.05, 3.63) is 29.8 Å². The Hall–Kier alpha value is -1.76. The van der Waals surface area contributed by atoms with E-state index >= 15 is 0 Å². The van der Waals surface area contributed by atoms with Crippen molar-refractivity contribution in [2.75, 3.05) is 5.32 Å². The first-order chi connectivity index (χ1) is 8.93. The minimum absolute atomic E-state index is 0.114. The van der Waals surface area contributed by atoms with Gasteiger partial charge in [0.2, 0.25) is 0 Å². The van der Waals surface area contributed by atoms with Crippen LogP contribution in [-0.2, 0) is 0 Å². The average molecular weight is 287 g/mol. The number of nitrogens with one attached hydrogen (secondary N) is 2. The quantitative estimate of drug-likeness (QED) is 0.729. The van der Waals surface area contributed by atoms with Crippen molar-refractivity contribution in [3.8, 4) is 0 Å².